The third-order valence-electron chi connectivity index (χ3n) is 4.90. The monoisotopic (exact) mass is 358 g/mol. The van der Waals surface area contributed by atoms with Crippen LogP contribution in [0.5, 0.6) is 5.75 Å². The lowest BCUT2D eigenvalue weighted by Gasteiger charge is -2.23. The van der Waals surface area contributed by atoms with Crippen LogP contribution in [-0.4, -0.2) is 46.7 Å². The first-order chi connectivity index (χ1) is 12.5. The van der Waals surface area contributed by atoms with Crippen molar-refractivity contribution in [2.24, 2.45) is 5.92 Å². The maximum absolute atomic E-state index is 13.0. The largest absolute Gasteiger partial charge is 0.488 e. The zero-order chi connectivity index (χ0) is 18.5. The van der Waals surface area contributed by atoms with Crippen LogP contribution in [0.25, 0.3) is 0 Å². The normalized spacial score (nSPS) is 22.2. The Morgan fingerprint density at radius 3 is 2.62 bits per heavy atom. The van der Waals surface area contributed by atoms with E-state index in [1.54, 1.807) is 48.6 Å². The van der Waals surface area contributed by atoms with Crippen molar-refractivity contribution >= 4 is 5.91 Å². The highest BCUT2D eigenvalue weighted by Crippen LogP contribution is 2.32. The van der Waals surface area contributed by atoms with Crippen LogP contribution in [-0.2, 0) is 0 Å². The summed E-state index contributed by atoms with van der Waals surface area (Å²) in [5.41, 5.74) is 0.604. The van der Waals surface area contributed by atoms with E-state index in [1.807, 2.05) is 0 Å². The summed E-state index contributed by atoms with van der Waals surface area (Å²) in [6, 6.07) is 9.19. The second-order valence-corrected chi connectivity index (χ2v) is 6.69. The van der Waals surface area contributed by atoms with Crippen molar-refractivity contribution in [3.63, 3.8) is 0 Å². The van der Waals surface area contributed by atoms with Gasteiger partial charge in [0.2, 0.25) is 0 Å². The number of benzene rings is 1. The molecule has 1 aliphatic carbocycles. The molecule has 1 saturated carbocycles. The molecule has 138 valence electrons. The summed E-state index contributed by atoms with van der Waals surface area (Å²) in [7, 11) is 1.76. The third kappa shape index (κ3) is 4.38. The molecule has 0 radical (unpaired) electrons. The van der Waals surface area contributed by atoms with Gasteiger partial charge in [-0.1, -0.05) is 0 Å². The quantitative estimate of drug-likeness (QED) is 0.862. The lowest BCUT2D eigenvalue weighted by molar-refractivity contribution is 0.0305. The summed E-state index contributed by atoms with van der Waals surface area (Å²) >= 11 is 0. The highest BCUT2D eigenvalue weighted by Gasteiger charge is 2.36. The van der Waals surface area contributed by atoms with Crippen LogP contribution in [0, 0.1) is 11.7 Å². The van der Waals surface area contributed by atoms with Crippen LogP contribution in [0.2, 0.25) is 0 Å². The first-order valence-corrected chi connectivity index (χ1v) is 8.80. The van der Waals surface area contributed by atoms with Crippen LogP contribution in [0.1, 0.15) is 29.6 Å². The van der Waals surface area contributed by atoms with Gasteiger partial charge in [-0.15, -0.1) is 0 Å². The van der Waals surface area contributed by atoms with Gasteiger partial charge in [0.15, 0.2) is 0 Å². The maximum atomic E-state index is 13.0. The molecule has 26 heavy (non-hydrogen) atoms. The summed E-state index contributed by atoms with van der Waals surface area (Å²) in [4.78, 5) is 17.9. The minimum Gasteiger partial charge on any atom is -0.488 e. The first kappa shape index (κ1) is 18.3. The van der Waals surface area contributed by atoms with Crippen molar-refractivity contribution in [1.82, 2.24) is 9.88 Å². The Labute approximate surface area is 152 Å². The number of hydrogen-bond acceptors (Lipinski definition) is 4. The van der Waals surface area contributed by atoms with Crippen molar-refractivity contribution in [3.05, 3.63) is 60.2 Å². The predicted octanol–water partition coefficient (Wildman–Crippen LogP) is 2.90. The third-order valence-corrected chi connectivity index (χ3v) is 4.90. The smallest absolute Gasteiger partial charge is 0.253 e. The number of rotatable bonds is 6. The molecule has 1 aromatic carbocycles. The Balaban J connectivity index is 1.50. The molecule has 1 N–H and O–H groups in total. The lowest BCUT2D eigenvalue weighted by atomic mass is 10.0. The van der Waals surface area contributed by atoms with E-state index >= 15 is 0 Å². The molecule has 1 aliphatic rings. The van der Waals surface area contributed by atoms with Crippen molar-refractivity contribution in [1.29, 1.82) is 0 Å². The van der Waals surface area contributed by atoms with Gasteiger partial charge in [0, 0.05) is 31.5 Å². The Morgan fingerprint density at radius 2 is 1.92 bits per heavy atom. The number of ether oxygens (including phenoxy) is 1. The summed E-state index contributed by atoms with van der Waals surface area (Å²) in [5.74, 6) is 0.261. The SMILES string of the molecule is CN(CC[C@H]1CC[C@@H](Oc2ccc(F)cc2)[C@@H]1O)C(=O)c1ccncc1. The van der Waals surface area contributed by atoms with Gasteiger partial charge in [-0.2, -0.15) is 0 Å². The number of aromatic nitrogens is 1. The molecule has 1 amide bonds. The topological polar surface area (TPSA) is 62.7 Å². The molecule has 0 spiro atoms. The number of aliphatic hydroxyl groups is 1. The van der Waals surface area contributed by atoms with Crippen molar-refractivity contribution in [3.8, 4) is 5.75 Å². The van der Waals surface area contributed by atoms with Crippen LogP contribution in [0.3, 0.4) is 0 Å². The van der Waals surface area contributed by atoms with E-state index in [2.05, 4.69) is 4.98 Å². The Kier molecular flexibility index (Phi) is 5.83. The number of pyridine rings is 1. The summed E-state index contributed by atoms with van der Waals surface area (Å²) in [6.45, 7) is 0.562. The highest BCUT2D eigenvalue weighted by atomic mass is 19.1. The molecule has 2 aromatic rings. The molecule has 1 fully saturated rings. The predicted molar refractivity (Wildman–Crippen MR) is 95.4 cm³/mol. The van der Waals surface area contributed by atoms with E-state index < -0.39 is 6.10 Å². The Hall–Kier alpha value is -2.47. The lowest BCUT2D eigenvalue weighted by Crippen LogP contribution is -2.33. The molecule has 1 heterocycles. The summed E-state index contributed by atoms with van der Waals surface area (Å²) in [5, 5.41) is 10.5. The van der Waals surface area contributed by atoms with E-state index in [-0.39, 0.29) is 23.7 Å². The zero-order valence-electron chi connectivity index (χ0n) is 14.7. The van der Waals surface area contributed by atoms with Crippen molar-refractivity contribution in [2.75, 3.05) is 13.6 Å². The van der Waals surface area contributed by atoms with Gasteiger partial charge in [-0.3, -0.25) is 9.78 Å². The fourth-order valence-corrected chi connectivity index (χ4v) is 3.33. The maximum Gasteiger partial charge on any atom is 0.253 e. The first-order valence-electron chi connectivity index (χ1n) is 8.80. The van der Waals surface area contributed by atoms with E-state index in [9.17, 15) is 14.3 Å². The van der Waals surface area contributed by atoms with Crippen LogP contribution in [0.15, 0.2) is 48.8 Å². The molecule has 0 saturated heterocycles. The number of amides is 1. The number of hydrogen-bond donors (Lipinski definition) is 1. The number of halogens is 1. The van der Waals surface area contributed by atoms with Crippen LogP contribution < -0.4 is 4.74 Å². The molecule has 0 bridgehead atoms. The van der Waals surface area contributed by atoms with Gasteiger partial charge in [-0.05, 0) is 61.6 Å². The Morgan fingerprint density at radius 1 is 1.23 bits per heavy atom. The average Bonchev–Trinajstić information content (AvgIpc) is 3.01. The molecule has 5 nitrogen and oxygen atoms in total. The second kappa shape index (κ2) is 8.27. The minimum atomic E-state index is -0.593. The number of aliphatic hydroxyl groups excluding tert-OH is 1. The van der Waals surface area contributed by atoms with E-state index in [4.69, 9.17) is 4.74 Å². The summed E-state index contributed by atoms with van der Waals surface area (Å²) in [6.07, 6.45) is 4.59. The Bertz CT molecular complexity index is 724. The van der Waals surface area contributed by atoms with Crippen molar-refractivity contribution < 1.29 is 19.0 Å². The van der Waals surface area contributed by atoms with E-state index in [0.29, 0.717) is 24.3 Å². The van der Waals surface area contributed by atoms with E-state index in [0.717, 1.165) is 12.8 Å². The number of carbonyl (C=O) groups is 1. The van der Waals surface area contributed by atoms with Gasteiger partial charge < -0.3 is 14.7 Å². The fraction of sp³-hybridized carbons (Fsp3) is 0.400. The zero-order valence-corrected chi connectivity index (χ0v) is 14.7. The summed E-state index contributed by atoms with van der Waals surface area (Å²) < 4.78 is 18.8. The molecule has 1 aromatic heterocycles. The second-order valence-electron chi connectivity index (χ2n) is 6.69. The average molecular weight is 358 g/mol. The van der Waals surface area contributed by atoms with Crippen LogP contribution in [0.4, 0.5) is 4.39 Å². The highest BCUT2D eigenvalue weighted by molar-refractivity contribution is 5.93. The molecule has 6 heteroatoms. The fourth-order valence-electron chi connectivity index (χ4n) is 3.33. The standard InChI is InChI=1S/C20H23FN2O3/c1-23(20(25)15-8-11-22-12-9-15)13-10-14-2-7-18(19(14)24)26-17-5-3-16(21)4-6-17/h3-6,8-9,11-12,14,18-19,24H,2,7,10,13H2,1H3/t14-,18-,19-/m1/s1. The van der Waals surface area contributed by atoms with Gasteiger partial charge in [0.1, 0.15) is 17.7 Å². The van der Waals surface area contributed by atoms with Gasteiger partial charge in [0.25, 0.3) is 5.91 Å². The molecule has 3 atom stereocenters. The number of nitrogens with zero attached hydrogens (tertiary/aromatic N) is 2. The van der Waals surface area contributed by atoms with Gasteiger partial charge in [0.05, 0.1) is 6.10 Å². The molecule has 3 rings (SSSR count). The molecular formula is C20H23FN2O3. The molecule has 0 unspecified atom stereocenters. The molecule has 0 aliphatic heterocycles. The van der Waals surface area contributed by atoms with E-state index in [1.165, 1.54) is 12.1 Å². The van der Waals surface area contributed by atoms with Crippen LogP contribution >= 0.6 is 0 Å². The van der Waals surface area contributed by atoms with Gasteiger partial charge >= 0.3 is 0 Å². The molecular weight excluding hydrogens is 335 g/mol. The van der Waals surface area contributed by atoms with Gasteiger partial charge in [-0.25, -0.2) is 4.39 Å². The number of carbonyl (C=O) groups excluding carboxylic acids is 1. The van der Waals surface area contributed by atoms with Crippen molar-refractivity contribution in [2.45, 2.75) is 31.5 Å². The minimum absolute atomic E-state index is 0.0565.